The summed E-state index contributed by atoms with van der Waals surface area (Å²) in [6, 6.07) is 8.85. The minimum Gasteiger partial charge on any atom is -0.384 e. The summed E-state index contributed by atoms with van der Waals surface area (Å²) in [5, 5.41) is 4.16. The van der Waals surface area contributed by atoms with Crippen LogP contribution in [0.4, 0.5) is 5.82 Å². The zero-order chi connectivity index (χ0) is 19.2. The molecule has 0 bridgehead atoms. The lowest BCUT2D eigenvalue weighted by Gasteiger charge is -2.22. The zero-order valence-corrected chi connectivity index (χ0v) is 15.4. The fourth-order valence-corrected chi connectivity index (χ4v) is 2.71. The lowest BCUT2D eigenvalue weighted by molar-refractivity contribution is 0.0680. The van der Waals surface area contributed by atoms with Crippen LogP contribution in [0.25, 0.3) is 11.4 Å². The Hall–Kier alpha value is -3.26. The van der Waals surface area contributed by atoms with E-state index in [4.69, 9.17) is 10.5 Å². The summed E-state index contributed by atoms with van der Waals surface area (Å²) < 4.78 is 6.87. The number of rotatable bonds is 7. The van der Waals surface area contributed by atoms with E-state index in [9.17, 15) is 4.79 Å². The van der Waals surface area contributed by atoms with E-state index in [1.165, 1.54) is 0 Å². The number of nitrogens with two attached hydrogens (primary N) is 1. The molecule has 3 rings (SSSR count). The van der Waals surface area contributed by atoms with E-state index < -0.39 is 0 Å². The van der Waals surface area contributed by atoms with Gasteiger partial charge in [-0.25, -0.2) is 9.97 Å². The van der Waals surface area contributed by atoms with Crippen LogP contribution in [0.1, 0.15) is 15.9 Å². The SMILES string of the molecule is COCCN(Cc1cnn(C)c1)C(=O)c1cccc(-c2nccc(N)n2)c1. The Kier molecular flexibility index (Phi) is 5.77. The molecule has 0 unspecified atom stereocenters. The van der Waals surface area contributed by atoms with Crippen LogP contribution in [-0.2, 0) is 18.3 Å². The first-order chi connectivity index (χ1) is 13.1. The third kappa shape index (κ3) is 4.68. The van der Waals surface area contributed by atoms with Crippen LogP contribution in [0.3, 0.4) is 0 Å². The molecule has 0 atom stereocenters. The van der Waals surface area contributed by atoms with Crippen molar-refractivity contribution in [3.8, 4) is 11.4 Å². The van der Waals surface area contributed by atoms with Crippen LogP contribution in [-0.4, -0.2) is 50.8 Å². The van der Waals surface area contributed by atoms with Gasteiger partial charge in [-0.05, 0) is 18.2 Å². The molecular weight excluding hydrogens is 344 g/mol. The van der Waals surface area contributed by atoms with Crippen LogP contribution < -0.4 is 5.73 Å². The number of benzene rings is 1. The van der Waals surface area contributed by atoms with Crippen molar-refractivity contribution in [1.82, 2.24) is 24.6 Å². The number of nitrogens with zero attached hydrogens (tertiary/aromatic N) is 5. The fraction of sp³-hybridized carbons (Fsp3) is 0.263. The van der Waals surface area contributed by atoms with E-state index in [0.29, 0.717) is 36.9 Å². The van der Waals surface area contributed by atoms with Gasteiger partial charge >= 0.3 is 0 Å². The first-order valence-corrected chi connectivity index (χ1v) is 8.51. The first kappa shape index (κ1) is 18.5. The Morgan fingerprint density at radius 3 is 2.89 bits per heavy atom. The molecule has 0 radical (unpaired) electrons. The fourth-order valence-electron chi connectivity index (χ4n) is 2.71. The monoisotopic (exact) mass is 366 g/mol. The van der Waals surface area contributed by atoms with Gasteiger partial charge in [0.25, 0.3) is 5.91 Å². The predicted molar refractivity (Wildman–Crippen MR) is 102 cm³/mol. The van der Waals surface area contributed by atoms with Gasteiger partial charge < -0.3 is 15.4 Å². The molecular formula is C19H22N6O2. The Balaban J connectivity index is 1.85. The summed E-state index contributed by atoms with van der Waals surface area (Å²) in [4.78, 5) is 23.3. The molecule has 2 N–H and O–H groups in total. The summed E-state index contributed by atoms with van der Waals surface area (Å²) in [5.74, 6) is 0.775. The van der Waals surface area contributed by atoms with Crippen molar-refractivity contribution in [2.45, 2.75) is 6.54 Å². The van der Waals surface area contributed by atoms with Gasteiger partial charge in [-0.15, -0.1) is 0 Å². The minimum atomic E-state index is -0.0957. The first-order valence-electron chi connectivity index (χ1n) is 8.51. The minimum absolute atomic E-state index is 0.0957. The lowest BCUT2D eigenvalue weighted by atomic mass is 10.1. The van der Waals surface area contributed by atoms with Gasteiger partial charge in [0, 0.05) is 56.3 Å². The van der Waals surface area contributed by atoms with Crippen molar-refractivity contribution in [1.29, 1.82) is 0 Å². The van der Waals surface area contributed by atoms with E-state index in [-0.39, 0.29) is 5.91 Å². The molecule has 0 fully saturated rings. The summed E-state index contributed by atoms with van der Waals surface area (Å²) in [6.45, 7) is 1.38. The Bertz CT molecular complexity index is 924. The standard InChI is InChI=1S/C19H22N6O2/c1-24-12-14(11-22-24)13-25(8-9-27-2)19(26)16-5-3-4-15(10-16)18-21-7-6-17(20)23-18/h3-7,10-12H,8-9,13H2,1-2H3,(H2,20,21,23). The highest BCUT2D eigenvalue weighted by Gasteiger charge is 2.18. The number of hydrogen-bond donors (Lipinski definition) is 1. The third-order valence-electron chi connectivity index (χ3n) is 4.03. The molecule has 140 valence electrons. The number of hydrogen-bond acceptors (Lipinski definition) is 6. The van der Waals surface area contributed by atoms with Gasteiger partial charge in [-0.2, -0.15) is 5.10 Å². The van der Waals surface area contributed by atoms with Gasteiger partial charge in [-0.1, -0.05) is 12.1 Å². The highest BCUT2D eigenvalue weighted by Crippen LogP contribution is 2.19. The van der Waals surface area contributed by atoms with E-state index in [1.807, 2.05) is 25.4 Å². The second-order valence-electron chi connectivity index (χ2n) is 6.13. The molecule has 0 aliphatic heterocycles. The average Bonchev–Trinajstić information content (AvgIpc) is 3.09. The maximum Gasteiger partial charge on any atom is 0.254 e. The van der Waals surface area contributed by atoms with Crippen LogP contribution in [0, 0.1) is 0 Å². The van der Waals surface area contributed by atoms with Crippen LogP contribution in [0.2, 0.25) is 0 Å². The quantitative estimate of drug-likeness (QED) is 0.684. The Labute approximate surface area is 157 Å². The number of anilines is 1. The van der Waals surface area contributed by atoms with Gasteiger partial charge in [0.05, 0.1) is 12.8 Å². The molecule has 2 aromatic heterocycles. The normalized spacial score (nSPS) is 10.7. The second-order valence-corrected chi connectivity index (χ2v) is 6.13. The molecule has 8 nitrogen and oxygen atoms in total. The molecule has 1 aromatic carbocycles. The number of aryl methyl sites for hydroxylation is 1. The summed E-state index contributed by atoms with van der Waals surface area (Å²) in [7, 11) is 3.46. The maximum absolute atomic E-state index is 13.1. The van der Waals surface area contributed by atoms with Gasteiger partial charge in [0.1, 0.15) is 5.82 Å². The molecule has 1 amide bonds. The highest BCUT2D eigenvalue weighted by atomic mass is 16.5. The third-order valence-corrected chi connectivity index (χ3v) is 4.03. The van der Waals surface area contributed by atoms with E-state index >= 15 is 0 Å². The van der Waals surface area contributed by atoms with Crippen LogP contribution >= 0.6 is 0 Å². The molecule has 3 aromatic rings. The number of nitrogen functional groups attached to an aromatic ring is 1. The highest BCUT2D eigenvalue weighted by molar-refractivity contribution is 5.95. The lowest BCUT2D eigenvalue weighted by Crippen LogP contribution is -2.33. The van der Waals surface area contributed by atoms with Crippen molar-refractivity contribution in [2.75, 3.05) is 26.0 Å². The summed E-state index contributed by atoms with van der Waals surface area (Å²) in [6.07, 6.45) is 5.24. The molecule has 0 aliphatic rings. The molecule has 0 spiro atoms. The number of carbonyl (C=O) groups is 1. The largest absolute Gasteiger partial charge is 0.384 e. The van der Waals surface area contributed by atoms with Gasteiger partial charge in [0.15, 0.2) is 5.82 Å². The average molecular weight is 366 g/mol. The molecule has 27 heavy (non-hydrogen) atoms. The number of ether oxygens (including phenoxy) is 1. The Morgan fingerprint density at radius 1 is 1.33 bits per heavy atom. The van der Waals surface area contributed by atoms with Crippen molar-refractivity contribution < 1.29 is 9.53 Å². The van der Waals surface area contributed by atoms with E-state index in [2.05, 4.69) is 15.1 Å². The number of methoxy groups -OCH3 is 1. The van der Waals surface area contributed by atoms with Crippen LogP contribution in [0.15, 0.2) is 48.9 Å². The van der Waals surface area contributed by atoms with Gasteiger partial charge in [0.2, 0.25) is 0 Å². The molecule has 8 heteroatoms. The van der Waals surface area contributed by atoms with Crippen LogP contribution in [0.5, 0.6) is 0 Å². The summed E-state index contributed by atoms with van der Waals surface area (Å²) >= 11 is 0. The smallest absolute Gasteiger partial charge is 0.254 e. The predicted octanol–water partition coefficient (Wildman–Crippen LogP) is 1.75. The molecule has 0 saturated heterocycles. The number of carbonyl (C=O) groups excluding carboxylic acids is 1. The molecule has 2 heterocycles. The van der Waals surface area contributed by atoms with Crippen molar-refractivity contribution in [3.05, 3.63) is 60.0 Å². The Morgan fingerprint density at radius 2 is 2.19 bits per heavy atom. The van der Waals surface area contributed by atoms with E-state index in [1.54, 1.807) is 47.3 Å². The van der Waals surface area contributed by atoms with Crippen molar-refractivity contribution >= 4 is 11.7 Å². The van der Waals surface area contributed by atoms with E-state index in [0.717, 1.165) is 11.1 Å². The summed E-state index contributed by atoms with van der Waals surface area (Å²) in [5.41, 5.74) is 7.98. The zero-order valence-electron chi connectivity index (χ0n) is 15.4. The van der Waals surface area contributed by atoms with Crippen molar-refractivity contribution in [3.63, 3.8) is 0 Å². The van der Waals surface area contributed by atoms with Gasteiger partial charge in [-0.3, -0.25) is 9.48 Å². The number of aromatic nitrogens is 4. The molecule has 0 saturated carbocycles. The molecule has 0 aliphatic carbocycles. The second kappa shape index (κ2) is 8.41. The maximum atomic E-state index is 13.1. The van der Waals surface area contributed by atoms with Crippen molar-refractivity contribution in [2.24, 2.45) is 7.05 Å². The topological polar surface area (TPSA) is 99.2 Å². The number of amides is 1.